The van der Waals surface area contributed by atoms with E-state index in [2.05, 4.69) is 5.32 Å². The molecule has 0 aliphatic carbocycles. The molecule has 16 heavy (non-hydrogen) atoms. The van der Waals surface area contributed by atoms with Crippen LogP contribution in [0.2, 0.25) is 0 Å². The van der Waals surface area contributed by atoms with E-state index in [0.717, 1.165) is 30.0 Å². The summed E-state index contributed by atoms with van der Waals surface area (Å²) in [5.74, 6) is 0. The Morgan fingerprint density at radius 1 is 1.50 bits per heavy atom. The lowest BCUT2D eigenvalue weighted by atomic mass is 10.1. The lowest BCUT2D eigenvalue weighted by Crippen LogP contribution is -2.12. The zero-order chi connectivity index (χ0) is 12.0. The molecule has 0 spiro atoms. The molecule has 0 fully saturated rings. The van der Waals surface area contributed by atoms with Crippen molar-refractivity contribution in [1.29, 1.82) is 0 Å². The number of thiocarbonyl (C=S) groups is 1. The molecular weight excluding hydrogens is 220 g/mol. The van der Waals surface area contributed by atoms with Crippen molar-refractivity contribution in [3.8, 4) is 0 Å². The van der Waals surface area contributed by atoms with E-state index in [-0.39, 0.29) is 0 Å². The molecule has 0 heterocycles. The average Bonchev–Trinajstić information content (AvgIpc) is 2.24. The molecular formula is C12H18N2OS. The van der Waals surface area contributed by atoms with E-state index in [0.29, 0.717) is 11.6 Å². The number of rotatable bonds is 6. The highest BCUT2D eigenvalue weighted by Crippen LogP contribution is 2.14. The van der Waals surface area contributed by atoms with Crippen molar-refractivity contribution in [2.24, 2.45) is 5.73 Å². The fourth-order valence-electron chi connectivity index (χ4n) is 1.46. The smallest absolute Gasteiger partial charge is 0.104 e. The van der Waals surface area contributed by atoms with Gasteiger partial charge < -0.3 is 15.8 Å². The molecule has 4 heteroatoms. The van der Waals surface area contributed by atoms with E-state index in [1.165, 1.54) is 0 Å². The molecule has 1 aromatic rings. The van der Waals surface area contributed by atoms with Crippen LogP contribution in [0.4, 0.5) is 5.69 Å². The second-order valence-electron chi connectivity index (χ2n) is 3.52. The number of anilines is 1. The van der Waals surface area contributed by atoms with Crippen LogP contribution in [0.3, 0.4) is 0 Å². The van der Waals surface area contributed by atoms with Crippen LogP contribution in [0.1, 0.15) is 18.1 Å². The van der Waals surface area contributed by atoms with Crippen LogP contribution in [0.5, 0.6) is 0 Å². The van der Waals surface area contributed by atoms with E-state index in [1.54, 1.807) is 0 Å². The van der Waals surface area contributed by atoms with E-state index in [4.69, 9.17) is 22.7 Å². The van der Waals surface area contributed by atoms with Gasteiger partial charge in [-0.25, -0.2) is 0 Å². The summed E-state index contributed by atoms with van der Waals surface area (Å²) in [6.07, 6.45) is 0. The van der Waals surface area contributed by atoms with Gasteiger partial charge in [0, 0.05) is 24.4 Å². The Balaban J connectivity index is 2.56. The van der Waals surface area contributed by atoms with Crippen LogP contribution in [-0.2, 0) is 4.74 Å². The number of aryl methyl sites for hydroxylation is 1. The Labute approximate surface area is 102 Å². The quantitative estimate of drug-likeness (QED) is 0.588. The highest BCUT2D eigenvalue weighted by Gasteiger charge is 2.01. The lowest BCUT2D eigenvalue weighted by Gasteiger charge is -2.09. The van der Waals surface area contributed by atoms with Crippen molar-refractivity contribution < 1.29 is 4.74 Å². The number of hydrogen-bond donors (Lipinski definition) is 2. The first kappa shape index (κ1) is 12.9. The Morgan fingerprint density at radius 2 is 2.25 bits per heavy atom. The molecule has 0 amide bonds. The molecule has 0 saturated carbocycles. The SMILES string of the molecule is CCOCCNc1ccc(C(N)=S)c(C)c1. The van der Waals surface area contributed by atoms with Crippen molar-refractivity contribution >= 4 is 22.9 Å². The zero-order valence-electron chi connectivity index (χ0n) is 9.75. The summed E-state index contributed by atoms with van der Waals surface area (Å²) in [6, 6.07) is 5.97. The molecule has 3 nitrogen and oxygen atoms in total. The van der Waals surface area contributed by atoms with Gasteiger partial charge in [0.05, 0.1) is 6.61 Å². The van der Waals surface area contributed by atoms with Crippen LogP contribution in [0, 0.1) is 6.92 Å². The van der Waals surface area contributed by atoms with Gasteiger partial charge in [-0.3, -0.25) is 0 Å². The van der Waals surface area contributed by atoms with Crippen molar-refractivity contribution in [3.05, 3.63) is 29.3 Å². The molecule has 3 N–H and O–H groups in total. The molecule has 0 radical (unpaired) electrons. The van der Waals surface area contributed by atoms with Gasteiger partial charge in [0.15, 0.2) is 0 Å². The van der Waals surface area contributed by atoms with Gasteiger partial charge in [-0.1, -0.05) is 12.2 Å². The monoisotopic (exact) mass is 238 g/mol. The molecule has 0 unspecified atom stereocenters. The van der Waals surface area contributed by atoms with Gasteiger partial charge in [0.2, 0.25) is 0 Å². The minimum atomic E-state index is 0.443. The second-order valence-corrected chi connectivity index (χ2v) is 3.96. The zero-order valence-corrected chi connectivity index (χ0v) is 10.6. The Bertz CT molecular complexity index is 366. The predicted molar refractivity (Wildman–Crippen MR) is 72.0 cm³/mol. The maximum Gasteiger partial charge on any atom is 0.104 e. The average molecular weight is 238 g/mol. The van der Waals surface area contributed by atoms with Crippen LogP contribution in [0.25, 0.3) is 0 Å². The summed E-state index contributed by atoms with van der Waals surface area (Å²) in [6.45, 7) is 6.26. The Hall–Kier alpha value is -1.13. The largest absolute Gasteiger partial charge is 0.389 e. The van der Waals surface area contributed by atoms with E-state index in [9.17, 15) is 0 Å². The topological polar surface area (TPSA) is 47.3 Å². The normalized spacial score (nSPS) is 10.1. The number of nitrogens with one attached hydrogen (secondary N) is 1. The molecule has 1 aromatic carbocycles. The van der Waals surface area contributed by atoms with Crippen LogP contribution >= 0.6 is 12.2 Å². The molecule has 0 aliphatic rings. The van der Waals surface area contributed by atoms with Gasteiger partial charge >= 0.3 is 0 Å². The third-order valence-corrected chi connectivity index (χ3v) is 2.49. The van der Waals surface area contributed by atoms with Crippen molar-refractivity contribution in [2.75, 3.05) is 25.1 Å². The summed E-state index contributed by atoms with van der Waals surface area (Å²) < 4.78 is 5.24. The summed E-state index contributed by atoms with van der Waals surface area (Å²) in [5, 5.41) is 3.28. The maximum absolute atomic E-state index is 5.60. The van der Waals surface area contributed by atoms with Crippen molar-refractivity contribution in [2.45, 2.75) is 13.8 Å². The number of hydrogen-bond acceptors (Lipinski definition) is 3. The minimum absolute atomic E-state index is 0.443. The summed E-state index contributed by atoms with van der Waals surface area (Å²) in [7, 11) is 0. The van der Waals surface area contributed by atoms with Gasteiger partial charge in [0.25, 0.3) is 0 Å². The molecule has 0 atom stereocenters. The summed E-state index contributed by atoms with van der Waals surface area (Å²) in [4.78, 5) is 0.443. The second kappa shape index (κ2) is 6.45. The van der Waals surface area contributed by atoms with E-state index >= 15 is 0 Å². The third-order valence-electron chi connectivity index (χ3n) is 2.27. The Kier molecular flexibility index (Phi) is 5.22. The Morgan fingerprint density at radius 3 is 2.81 bits per heavy atom. The highest BCUT2D eigenvalue weighted by atomic mass is 32.1. The molecule has 0 aromatic heterocycles. The number of nitrogens with two attached hydrogens (primary N) is 1. The van der Waals surface area contributed by atoms with E-state index < -0.39 is 0 Å². The van der Waals surface area contributed by atoms with Gasteiger partial charge in [-0.05, 0) is 37.6 Å². The maximum atomic E-state index is 5.60. The molecule has 0 saturated heterocycles. The fourth-order valence-corrected chi connectivity index (χ4v) is 1.69. The first-order chi connectivity index (χ1) is 7.65. The molecule has 0 aliphatic heterocycles. The third kappa shape index (κ3) is 3.79. The first-order valence-electron chi connectivity index (χ1n) is 5.37. The first-order valence-corrected chi connectivity index (χ1v) is 5.78. The lowest BCUT2D eigenvalue weighted by molar-refractivity contribution is 0.158. The summed E-state index contributed by atoms with van der Waals surface area (Å²) >= 11 is 4.95. The van der Waals surface area contributed by atoms with Crippen molar-refractivity contribution in [1.82, 2.24) is 0 Å². The van der Waals surface area contributed by atoms with E-state index in [1.807, 2.05) is 32.0 Å². The summed E-state index contributed by atoms with van der Waals surface area (Å²) in [5.41, 5.74) is 8.69. The van der Waals surface area contributed by atoms with Gasteiger partial charge in [-0.2, -0.15) is 0 Å². The minimum Gasteiger partial charge on any atom is -0.389 e. The number of ether oxygens (including phenoxy) is 1. The van der Waals surface area contributed by atoms with Crippen molar-refractivity contribution in [3.63, 3.8) is 0 Å². The molecule has 0 bridgehead atoms. The number of benzene rings is 1. The fraction of sp³-hybridized carbons (Fsp3) is 0.417. The van der Waals surface area contributed by atoms with Gasteiger partial charge in [0.1, 0.15) is 4.99 Å². The molecule has 88 valence electrons. The van der Waals surface area contributed by atoms with Crippen LogP contribution in [0.15, 0.2) is 18.2 Å². The van der Waals surface area contributed by atoms with Gasteiger partial charge in [-0.15, -0.1) is 0 Å². The van der Waals surface area contributed by atoms with Crippen LogP contribution < -0.4 is 11.1 Å². The molecule has 1 rings (SSSR count). The highest BCUT2D eigenvalue weighted by molar-refractivity contribution is 7.80. The van der Waals surface area contributed by atoms with Crippen LogP contribution in [-0.4, -0.2) is 24.7 Å². The predicted octanol–water partition coefficient (Wildman–Crippen LogP) is 2.08. The standard InChI is InChI=1S/C12H18N2OS/c1-3-15-7-6-14-10-4-5-11(12(13)16)9(2)8-10/h4-5,8,14H,3,6-7H2,1-2H3,(H2,13,16).